The summed E-state index contributed by atoms with van der Waals surface area (Å²) >= 11 is 0. The Hall–Kier alpha value is -1.91. The maximum atomic E-state index is 11.5. The quantitative estimate of drug-likeness (QED) is 0.736. The number of hydrogen-bond acceptors (Lipinski definition) is 4. The largest absolute Gasteiger partial charge is 0.463 e. The van der Waals surface area contributed by atoms with Gasteiger partial charge < -0.3 is 9.30 Å². The Labute approximate surface area is 93.1 Å². The molecule has 16 heavy (non-hydrogen) atoms. The lowest BCUT2D eigenvalue weighted by atomic mass is 10.4. The van der Waals surface area contributed by atoms with Crippen LogP contribution in [0, 0.1) is 0 Å². The topological polar surface area (TPSA) is 57.0 Å². The van der Waals surface area contributed by atoms with Gasteiger partial charge in [-0.1, -0.05) is 6.92 Å². The number of pyridine rings is 1. The summed E-state index contributed by atoms with van der Waals surface area (Å²) in [7, 11) is 1.35. The number of aryl methyl sites for hydroxylation is 1. The van der Waals surface area contributed by atoms with Gasteiger partial charge in [-0.3, -0.25) is 0 Å². The molecule has 84 valence electrons. The first-order valence-electron chi connectivity index (χ1n) is 5.17. The van der Waals surface area contributed by atoms with E-state index < -0.39 is 5.97 Å². The number of ether oxygens (including phenoxy) is 1. The number of rotatable bonds is 3. The predicted molar refractivity (Wildman–Crippen MR) is 59.2 cm³/mol. The van der Waals surface area contributed by atoms with E-state index in [0.717, 1.165) is 17.6 Å². The third kappa shape index (κ3) is 1.64. The summed E-state index contributed by atoms with van der Waals surface area (Å²) in [6.07, 6.45) is 2.60. The highest BCUT2D eigenvalue weighted by atomic mass is 16.5. The lowest BCUT2D eigenvalue weighted by Gasteiger charge is -2.04. The summed E-state index contributed by atoms with van der Waals surface area (Å²) in [6, 6.07) is 3.63. The van der Waals surface area contributed by atoms with Crippen molar-refractivity contribution in [3.05, 3.63) is 24.2 Å². The molecule has 0 aliphatic heterocycles. The van der Waals surface area contributed by atoms with E-state index in [1.54, 1.807) is 16.8 Å². The fraction of sp³-hybridized carbons (Fsp3) is 0.364. The maximum Gasteiger partial charge on any atom is 0.374 e. The minimum Gasteiger partial charge on any atom is -0.463 e. The van der Waals surface area contributed by atoms with E-state index in [-0.39, 0.29) is 0 Å². The average Bonchev–Trinajstić information content (AvgIpc) is 2.68. The van der Waals surface area contributed by atoms with E-state index in [4.69, 9.17) is 4.74 Å². The molecule has 0 aliphatic rings. The summed E-state index contributed by atoms with van der Waals surface area (Å²) in [5, 5.41) is 0. The number of hydrogen-bond donors (Lipinski definition) is 0. The maximum absolute atomic E-state index is 11.5. The van der Waals surface area contributed by atoms with E-state index in [2.05, 4.69) is 9.97 Å². The van der Waals surface area contributed by atoms with Gasteiger partial charge in [0.25, 0.3) is 0 Å². The van der Waals surface area contributed by atoms with Crippen molar-refractivity contribution in [1.82, 2.24) is 14.5 Å². The highest BCUT2D eigenvalue weighted by Crippen LogP contribution is 2.14. The Bertz CT molecular complexity index is 519. The minimum atomic E-state index is -0.425. The molecule has 0 saturated heterocycles. The molecule has 0 saturated carbocycles. The number of fused-ring (bicyclic) bond motifs is 1. The number of methoxy groups -OCH3 is 1. The summed E-state index contributed by atoms with van der Waals surface area (Å²) in [5.41, 5.74) is 1.45. The molecule has 0 radical (unpaired) electrons. The van der Waals surface area contributed by atoms with Crippen LogP contribution in [0.1, 0.15) is 24.0 Å². The van der Waals surface area contributed by atoms with Gasteiger partial charge in [0.15, 0.2) is 5.65 Å². The van der Waals surface area contributed by atoms with Crippen molar-refractivity contribution in [3.63, 3.8) is 0 Å². The fourth-order valence-electron chi connectivity index (χ4n) is 1.64. The van der Waals surface area contributed by atoms with Crippen LogP contribution in [-0.4, -0.2) is 27.6 Å². The van der Waals surface area contributed by atoms with Gasteiger partial charge in [0.05, 0.1) is 7.11 Å². The van der Waals surface area contributed by atoms with Crippen LogP contribution in [0.4, 0.5) is 0 Å². The Morgan fingerprint density at radius 3 is 3.06 bits per heavy atom. The van der Waals surface area contributed by atoms with Crippen molar-refractivity contribution >= 4 is 17.1 Å². The summed E-state index contributed by atoms with van der Waals surface area (Å²) in [6.45, 7) is 2.74. The standard InChI is InChI=1S/C11H13N3O2/c1-3-7-14-9-8(5-4-6-12-9)13-10(14)11(15)16-2/h4-6H,3,7H2,1-2H3. The number of aromatic nitrogens is 3. The average molecular weight is 219 g/mol. The first-order chi connectivity index (χ1) is 7.77. The van der Waals surface area contributed by atoms with Crippen molar-refractivity contribution in [3.8, 4) is 0 Å². The van der Waals surface area contributed by atoms with Gasteiger partial charge in [-0.25, -0.2) is 14.8 Å². The van der Waals surface area contributed by atoms with Crippen molar-refractivity contribution in [2.45, 2.75) is 19.9 Å². The van der Waals surface area contributed by atoms with E-state index in [0.29, 0.717) is 12.4 Å². The SMILES string of the molecule is CCCn1c(C(=O)OC)nc2cccnc21. The molecule has 2 rings (SSSR count). The summed E-state index contributed by atoms with van der Waals surface area (Å²) in [4.78, 5) is 20.0. The van der Waals surface area contributed by atoms with Crippen molar-refractivity contribution in [2.24, 2.45) is 0 Å². The number of esters is 1. The molecule has 0 bridgehead atoms. The molecule has 5 nitrogen and oxygen atoms in total. The lowest BCUT2D eigenvalue weighted by Crippen LogP contribution is -2.12. The molecule has 0 aliphatic carbocycles. The van der Waals surface area contributed by atoms with Crippen LogP contribution in [0.5, 0.6) is 0 Å². The molecule has 0 spiro atoms. The molecule has 2 aromatic heterocycles. The Kier molecular flexibility index (Phi) is 2.85. The highest BCUT2D eigenvalue weighted by Gasteiger charge is 2.17. The predicted octanol–water partition coefficient (Wildman–Crippen LogP) is 1.63. The van der Waals surface area contributed by atoms with Crippen LogP contribution in [0.15, 0.2) is 18.3 Å². The van der Waals surface area contributed by atoms with Gasteiger partial charge in [0, 0.05) is 12.7 Å². The zero-order valence-corrected chi connectivity index (χ0v) is 9.30. The zero-order valence-electron chi connectivity index (χ0n) is 9.30. The lowest BCUT2D eigenvalue weighted by molar-refractivity contribution is 0.0581. The van der Waals surface area contributed by atoms with Gasteiger partial charge >= 0.3 is 5.97 Å². The van der Waals surface area contributed by atoms with Crippen molar-refractivity contribution in [1.29, 1.82) is 0 Å². The van der Waals surface area contributed by atoms with Crippen molar-refractivity contribution < 1.29 is 9.53 Å². The fourth-order valence-corrected chi connectivity index (χ4v) is 1.64. The monoisotopic (exact) mass is 219 g/mol. The van der Waals surface area contributed by atoms with Gasteiger partial charge in [0.1, 0.15) is 5.52 Å². The second-order valence-electron chi connectivity index (χ2n) is 3.42. The first-order valence-corrected chi connectivity index (χ1v) is 5.17. The van der Waals surface area contributed by atoms with Gasteiger partial charge in [-0.15, -0.1) is 0 Å². The number of carbonyl (C=O) groups is 1. The van der Waals surface area contributed by atoms with E-state index >= 15 is 0 Å². The summed E-state index contributed by atoms with van der Waals surface area (Å²) < 4.78 is 6.50. The molecule has 0 atom stereocenters. The van der Waals surface area contributed by atoms with Crippen molar-refractivity contribution in [2.75, 3.05) is 7.11 Å². The second-order valence-corrected chi connectivity index (χ2v) is 3.42. The highest BCUT2D eigenvalue weighted by molar-refractivity contribution is 5.89. The summed E-state index contributed by atoms with van der Waals surface area (Å²) in [5.74, 6) is -0.107. The Morgan fingerprint density at radius 1 is 1.56 bits per heavy atom. The minimum absolute atomic E-state index is 0.318. The molecule has 0 amide bonds. The van der Waals surface area contributed by atoms with E-state index in [9.17, 15) is 4.79 Å². The molecule has 2 heterocycles. The number of imidazole rings is 1. The van der Waals surface area contributed by atoms with Gasteiger partial charge in [0.2, 0.25) is 5.82 Å². The molecule has 0 aromatic carbocycles. The normalized spacial score (nSPS) is 10.6. The molecular weight excluding hydrogens is 206 g/mol. The molecule has 0 N–H and O–H groups in total. The van der Waals surface area contributed by atoms with Gasteiger partial charge in [-0.2, -0.15) is 0 Å². The van der Waals surface area contributed by atoms with Crippen LogP contribution in [0.3, 0.4) is 0 Å². The molecule has 5 heteroatoms. The van der Waals surface area contributed by atoms with E-state index in [1.165, 1.54) is 7.11 Å². The number of carbonyl (C=O) groups excluding carboxylic acids is 1. The Morgan fingerprint density at radius 2 is 2.38 bits per heavy atom. The van der Waals surface area contributed by atoms with Crippen LogP contribution in [0.25, 0.3) is 11.2 Å². The van der Waals surface area contributed by atoms with E-state index in [1.807, 2.05) is 13.0 Å². The van der Waals surface area contributed by atoms with Gasteiger partial charge in [-0.05, 0) is 18.6 Å². The smallest absolute Gasteiger partial charge is 0.374 e. The molecule has 0 fully saturated rings. The van der Waals surface area contributed by atoms with Crippen LogP contribution in [0.2, 0.25) is 0 Å². The van der Waals surface area contributed by atoms with Crippen LogP contribution >= 0.6 is 0 Å². The third-order valence-corrected chi connectivity index (χ3v) is 2.32. The van der Waals surface area contributed by atoms with Crippen LogP contribution in [-0.2, 0) is 11.3 Å². The third-order valence-electron chi connectivity index (χ3n) is 2.32. The van der Waals surface area contributed by atoms with Crippen LogP contribution < -0.4 is 0 Å². The Balaban J connectivity index is 2.62. The second kappa shape index (κ2) is 4.30. The molecular formula is C11H13N3O2. The first kappa shape index (κ1) is 10.6. The number of nitrogens with zero attached hydrogens (tertiary/aromatic N) is 3. The zero-order chi connectivity index (χ0) is 11.5. The molecule has 2 aromatic rings. The molecule has 0 unspecified atom stereocenters.